The number of anilines is 1. The number of aromatic carboxylic acids is 1. The number of carboxylic acid groups (broad SMARTS) is 1. The van der Waals surface area contributed by atoms with Crippen molar-refractivity contribution in [3.05, 3.63) is 53.1 Å². The molecule has 0 aliphatic carbocycles. The van der Waals surface area contributed by atoms with Gasteiger partial charge in [0.25, 0.3) is 5.91 Å². The van der Waals surface area contributed by atoms with Gasteiger partial charge in [-0.15, -0.1) is 0 Å². The van der Waals surface area contributed by atoms with E-state index in [-0.39, 0.29) is 33.0 Å². The second-order valence-corrected chi connectivity index (χ2v) is 8.36. The Balaban J connectivity index is 2.33. The van der Waals surface area contributed by atoms with Gasteiger partial charge in [-0.2, -0.15) is 13.2 Å². The minimum Gasteiger partial charge on any atom is -0.478 e. The van der Waals surface area contributed by atoms with Crippen LogP contribution in [0.2, 0.25) is 5.02 Å². The summed E-state index contributed by atoms with van der Waals surface area (Å²) in [6.45, 7) is 0.260. The van der Waals surface area contributed by atoms with Gasteiger partial charge in [0.15, 0.2) is 0 Å². The van der Waals surface area contributed by atoms with Gasteiger partial charge in [0.05, 0.1) is 26.1 Å². The molecule has 0 radical (unpaired) electrons. The molecule has 0 aliphatic heterocycles. The third-order valence-electron chi connectivity index (χ3n) is 3.90. The third-order valence-corrected chi connectivity index (χ3v) is 5.98. The highest BCUT2D eigenvalue weighted by Crippen LogP contribution is 2.33. The number of carbonyl (C=O) groups is 2. The van der Waals surface area contributed by atoms with Crippen molar-refractivity contribution in [1.82, 2.24) is 0 Å². The summed E-state index contributed by atoms with van der Waals surface area (Å²) in [5.41, 5.74) is -4.16. The summed E-state index contributed by atoms with van der Waals surface area (Å²) in [6.07, 6.45) is -5.24. The maximum absolute atomic E-state index is 12.7. The van der Waals surface area contributed by atoms with Gasteiger partial charge in [-0.05, 0) is 49.4 Å². The molecular weight excluding hydrogens is 439 g/mol. The molecule has 3 N–H and O–H groups in total. The second-order valence-electron chi connectivity index (χ2n) is 6.00. The molecule has 0 heterocycles. The van der Waals surface area contributed by atoms with Gasteiger partial charge in [0.1, 0.15) is 0 Å². The molecule has 1 amide bonds. The van der Waals surface area contributed by atoms with Crippen molar-refractivity contribution in [2.75, 3.05) is 5.32 Å². The van der Waals surface area contributed by atoms with E-state index in [1.807, 2.05) is 0 Å². The zero-order valence-corrected chi connectivity index (χ0v) is 16.1. The van der Waals surface area contributed by atoms with Crippen LogP contribution in [0.4, 0.5) is 18.9 Å². The van der Waals surface area contributed by atoms with Gasteiger partial charge in [0, 0.05) is 0 Å². The number of halogens is 4. The lowest BCUT2D eigenvalue weighted by atomic mass is 10.1. The highest BCUT2D eigenvalue weighted by molar-refractivity contribution is 7.91. The number of carbonyl (C=O) groups excluding carboxylic acids is 1. The lowest BCUT2D eigenvalue weighted by Crippen LogP contribution is -2.52. The topological polar surface area (TPSA) is 121 Å². The molecule has 29 heavy (non-hydrogen) atoms. The zero-order valence-electron chi connectivity index (χ0n) is 14.5. The Morgan fingerprint density at radius 3 is 2.00 bits per heavy atom. The number of benzene rings is 2. The lowest BCUT2D eigenvalue weighted by Gasteiger charge is -2.25. The van der Waals surface area contributed by atoms with Crippen LogP contribution in [0.15, 0.2) is 52.3 Å². The second kappa shape index (κ2) is 7.65. The molecule has 0 bridgehead atoms. The number of carboxylic acids is 1. The fourth-order valence-corrected chi connectivity index (χ4v) is 3.63. The van der Waals surface area contributed by atoms with Crippen LogP contribution in [0.25, 0.3) is 0 Å². The van der Waals surface area contributed by atoms with Crippen molar-refractivity contribution >= 4 is 39.0 Å². The number of sulfone groups is 1. The van der Waals surface area contributed by atoms with Crippen LogP contribution in [-0.4, -0.2) is 42.3 Å². The summed E-state index contributed by atoms with van der Waals surface area (Å²) >= 11 is 5.88. The first kappa shape index (κ1) is 22.7. The SMILES string of the molecule is C[C@@](O)(C(=O)Nc1ccc(S(=O)(=O)c2ccc(C(=O)O)cc2)cc1Cl)C(F)(F)F. The highest BCUT2D eigenvalue weighted by Gasteiger charge is 2.55. The van der Waals surface area contributed by atoms with Crippen molar-refractivity contribution in [2.45, 2.75) is 28.5 Å². The Labute approximate surface area is 167 Å². The Morgan fingerprint density at radius 1 is 1.03 bits per heavy atom. The number of hydrogen-bond donors (Lipinski definition) is 3. The van der Waals surface area contributed by atoms with Gasteiger partial charge in [0.2, 0.25) is 15.4 Å². The summed E-state index contributed by atoms with van der Waals surface area (Å²) in [5.74, 6) is -3.04. The first-order chi connectivity index (χ1) is 13.2. The van der Waals surface area contributed by atoms with Crippen LogP contribution in [-0.2, 0) is 14.6 Å². The van der Waals surface area contributed by atoms with Crippen molar-refractivity contribution in [2.24, 2.45) is 0 Å². The third kappa shape index (κ3) is 4.52. The van der Waals surface area contributed by atoms with Gasteiger partial charge in [-0.3, -0.25) is 4.79 Å². The van der Waals surface area contributed by atoms with E-state index in [0.29, 0.717) is 0 Å². The summed E-state index contributed by atoms with van der Waals surface area (Å²) in [4.78, 5) is 22.0. The van der Waals surface area contributed by atoms with E-state index in [2.05, 4.69) is 0 Å². The maximum atomic E-state index is 12.7. The molecule has 0 aliphatic rings. The molecule has 7 nitrogen and oxygen atoms in total. The molecule has 1 atom stereocenters. The number of alkyl halides is 3. The van der Waals surface area contributed by atoms with Crippen molar-refractivity contribution < 1.29 is 41.4 Å². The molecule has 2 rings (SSSR count). The smallest absolute Gasteiger partial charge is 0.426 e. The first-order valence-corrected chi connectivity index (χ1v) is 9.52. The number of hydrogen-bond acceptors (Lipinski definition) is 5. The average molecular weight is 452 g/mol. The number of rotatable bonds is 5. The molecule has 0 spiro atoms. The average Bonchev–Trinajstić information content (AvgIpc) is 2.62. The van der Waals surface area contributed by atoms with Crippen LogP contribution in [0.5, 0.6) is 0 Å². The van der Waals surface area contributed by atoms with Crippen molar-refractivity contribution in [3.8, 4) is 0 Å². The van der Waals surface area contributed by atoms with E-state index in [1.165, 1.54) is 0 Å². The van der Waals surface area contributed by atoms with Crippen LogP contribution in [0, 0.1) is 0 Å². The van der Waals surface area contributed by atoms with Crippen LogP contribution in [0.3, 0.4) is 0 Å². The molecule has 156 valence electrons. The summed E-state index contributed by atoms with van der Waals surface area (Å²) in [7, 11) is -4.12. The van der Waals surface area contributed by atoms with Crippen molar-refractivity contribution in [3.63, 3.8) is 0 Å². The Morgan fingerprint density at radius 2 is 1.55 bits per heavy atom. The molecule has 2 aromatic rings. The number of aliphatic hydroxyl groups is 1. The molecule has 0 fully saturated rings. The van der Waals surface area contributed by atoms with E-state index >= 15 is 0 Å². The quantitative estimate of drug-likeness (QED) is 0.642. The Hall–Kier alpha value is -2.63. The Bertz CT molecular complexity index is 1070. The summed E-state index contributed by atoms with van der Waals surface area (Å²) < 4.78 is 63.4. The van der Waals surface area contributed by atoms with E-state index in [9.17, 15) is 36.3 Å². The molecular formula is C17H13ClF3NO6S. The van der Waals surface area contributed by atoms with Crippen molar-refractivity contribution in [1.29, 1.82) is 0 Å². The first-order valence-electron chi connectivity index (χ1n) is 7.66. The minimum atomic E-state index is -5.24. The van der Waals surface area contributed by atoms with E-state index in [0.717, 1.165) is 42.5 Å². The molecule has 0 saturated heterocycles. The zero-order chi connectivity index (χ0) is 22.2. The largest absolute Gasteiger partial charge is 0.478 e. The lowest BCUT2D eigenvalue weighted by molar-refractivity contribution is -0.242. The molecule has 0 saturated carbocycles. The summed E-state index contributed by atoms with van der Waals surface area (Å²) in [6, 6.07) is 7.18. The number of amides is 1. The van der Waals surface area contributed by atoms with Gasteiger partial charge >= 0.3 is 12.1 Å². The normalized spacial score (nSPS) is 14.1. The molecule has 0 unspecified atom stereocenters. The fourth-order valence-electron chi connectivity index (χ4n) is 2.05. The maximum Gasteiger partial charge on any atom is 0.426 e. The predicted molar refractivity (Wildman–Crippen MR) is 95.6 cm³/mol. The van der Waals surface area contributed by atoms with E-state index in [4.69, 9.17) is 16.7 Å². The van der Waals surface area contributed by atoms with Crippen LogP contribution < -0.4 is 5.32 Å². The minimum absolute atomic E-state index is 0.128. The summed E-state index contributed by atoms with van der Waals surface area (Å²) in [5, 5.41) is 19.6. The van der Waals surface area contributed by atoms with Crippen LogP contribution in [0.1, 0.15) is 17.3 Å². The van der Waals surface area contributed by atoms with E-state index in [1.54, 1.807) is 5.32 Å². The van der Waals surface area contributed by atoms with Gasteiger partial charge in [-0.1, -0.05) is 11.6 Å². The molecule has 0 aromatic heterocycles. The number of nitrogens with one attached hydrogen (secondary N) is 1. The van der Waals surface area contributed by atoms with Gasteiger partial charge < -0.3 is 15.5 Å². The fraction of sp³-hybridized carbons (Fsp3) is 0.176. The molecule has 2 aromatic carbocycles. The highest BCUT2D eigenvalue weighted by atomic mass is 35.5. The Kier molecular flexibility index (Phi) is 5.98. The molecule has 12 heteroatoms. The van der Waals surface area contributed by atoms with Gasteiger partial charge in [-0.25, -0.2) is 13.2 Å². The predicted octanol–water partition coefficient (Wildman–Crippen LogP) is 3.12. The standard InChI is InChI=1S/C17H13ClF3NO6S/c1-16(26,17(19,20)21)15(25)22-13-7-6-11(8-12(13)18)29(27,28)10-4-2-9(3-5-10)14(23)24/h2-8,26H,1H3,(H,22,25)(H,23,24)/t16-/m1/s1. The van der Waals surface area contributed by atoms with Crippen LogP contribution >= 0.6 is 11.6 Å². The van der Waals surface area contributed by atoms with E-state index < -0.39 is 33.5 Å². The monoisotopic (exact) mass is 451 g/mol.